The van der Waals surface area contributed by atoms with Crippen molar-refractivity contribution < 1.29 is 0 Å². The standard InChI is InChI=1S/C11H18N2/c1-9(2)6-7-10(12)11-5-3-4-8-13-11/h3-5,8-10H,6-7,12H2,1-2H3/t10-/m1/s1. The number of nitrogens with zero attached hydrogens (tertiary/aromatic N) is 1. The molecule has 1 heterocycles. The van der Waals surface area contributed by atoms with Gasteiger partial charge in [0.25, 0.3) is 0 Å². The molecule has 0 aromatic carbocycles. The summed E-state index contributed by atoms with van der Waals surface area (Å²) in [5.74, 6) is 0.717. The highest BCUT2D eigenvalue weighted by molar-refractivity contribution is 5.07. The number of hydrogen-bond acceptors (Lipinski definition) is 2. The SMILES string of the molecule is CC(C)CC[C@@H](N)c1ccccn1. The van der Waals surface area contributed by atoms with E-state index in [1.54, 1.807) is 6.20 Å². The van der Waals surface area contributed by atoms with Crippen LogP contribution in [0.1, 0.15) is 38.4 Å². The molecule has 2 N–H and O–H groups in total. The highest BCUT2D eigenvalue weighted by Gasteiger charge is 2.06. The minimum absolute atomic E-state index is 0.101. The molecule has 0 saturated carbocycles. The predicted molar refractivity (Wildman–Crippen MR) is 55.2 cm³/mol. The molecule has 1 rings (SSSR count). The van der Waals surface area contributed by atoms with Crippen LogP contribution in [0.15, 0.2) is 24.4 Å². The number of nitrogens with two attached hydrogens (primary N) is 1. The molecule has 1 atom stereocenters. The zero-order chi connectivity index (χ0) is 9.68. The lowest BCUT2D eigenvalue weighted by Gasteiger charge is -2.11. The largest absolute Gasteiger partial charge is 0.323 e. The van der Waals surface area contributed by atoms with E-state index >= 15 is 0 Å². The molecule has 0 aliphatic heterocycles. The van der Waals surface area contributed by atoms with Crippen LogP contribution in [0.4, 0.5) is 0 Å². The first-order valence-electron chi connectivity index (χ1n) is 4.86. The Bertz CT molecular complexity index is 231. The van der Waals surface area contributed by atoms with Crippen molar-refractivity contribution in [3.05, 3.63) is 30.1 Å². The van der Waals surface area contributed by atoms with Crippen molar-refractivity contribution in [2.45, 2.75) is 32.7 Å². The highest BCUT2D eigenvalue weighted by Crippen LogP contribution is 2.15. The zero-order valence-corrected chi connectivity index (χ0v) is 8.40. The van der Waals surface area contributed by atoms with Crippen LogP contribution in [0, 0.1) is 5.92 Å². The van der Waals surface area contributed by atoms with Crippen LogP contribution in [-0.4, -0.2) is 4.98 Å². The first-order chi connectivity index (χ1) is 6.20. The van der Waals surface area contributed by atoms with Gasteiger partial charge in [0.05, 0.1) is 5.69 Å². The molecule has 0 bridgehead atoms. The fourth-order valence-corrected chi connectivity index (χ4v) is 1.26. The second kappa shape index (κ2) is 4.97. The molecule has 2 heteroatoms. The summed E-state index contributed by atoms with van der Waals surface area (Å²) in [6.07, 6.45) is 3.98. The fraction of sp³-hybridized carbons (Fsp3) is 0.545. The summed E-state index contributed by atoms with van der Waals surface area (Å²) in [4.78, 5) is 4.23. The third-order valence-electron chi connectivity index (χ3n) is 2.12. The maximum atomic E-state index is 5.98. The van der Waals surface area contributed by atoms with Crippen molar-refractivity contribution >= 4 is 0 Å². The van der Waals surface area contributed by atoms with Gasteiger partial charge >= 0.3 is 0 Å². The Balaban J connectivity index is 2.44. The summed E-state index contributed by atoms with van der Waals surface area (Å²) < 4.78 is 0. The van der Waals surface area contributed by atoms with Crippen molar-refractivity contribution in [2.24, 2.45) is 11.7 Å². The Labute approximate surface area is 80.2 Å². The molecule has 0 aliphatic carbocycles. The summed E-state index contributed by atoms with van der Waals surface area (Å²) in [6.45, 7) is 4.43. The molecule has 0 unspecified atom stereocenters. The number of aromatic nitrogens is 1. The second-order valence-electron chi connectivity index (χ2n) is 3.83. The van der Waals surface area contributed by atoms with E-state index in [0.717, 1.165) is 24.5 Å². The Morgan fingerprint density at radius 1 is 1.31 bits per heavy atom. The van der Waals surface area contributed by atoms with Crippen LogP contribution >= 0.6 is 0 Å². The van der Waals surface area contributed by atoms with Gasteiger partial charge in [-0.2, -0.15) is 0 Å². The maximum absolute atomic E-state index is 5.98. The normalized spacial score (nSPS) is 13.2. The van der Waals surface area contributed by atoms with Crippen molar-refractivity contribution in [2.75, 3.05) is 0 Å². The molecule has 0 spiro atoms. The maximum Gasteiger partial charge on any atom is 0.0570 e. The molecule has 1 aromatic rings. The van der Waals surface area contributed by atoms with Gasteiger partial charge in [-0.3, -0.25) is 4.98 Å². The van der Waals surface area contributed by atoms with Gasteiger partial charge < -0.3 is 5.73 Å². The van der Waals surface area contributed by atoms with Gasteiger partial charge in [0.15, 0.2) is 0 Å². The lowest BCUT2D eigenvalue weighted by Crippen LogP contribution is -2.12. The monoisotopic (exact) mass is 178 g/mol. The van der Waals surface area contributed by atoms with Crippen LogP contribution in [0.5, 0.6) is 0 Å². The number of hydrogen-bond donors (Lipinski definition) is 1. The smallest absolute Gasteiger partial charge is 0.0570 e. The van der Waals surface area contributed by atoms with Crippen LogP contribution < -0.4 is 5.73 Å². The van der Waals surface area contributed by atoms with Gasteiger partial charge in [-0.15, -0.1) is 0 Å². The molecule has 0 saturated heterocycles. The summed E-state index contributed by atoms with van der Waals surface area (Å²) in [5.41, 5.74) is 6.98. The lowest BCUT2D eigenvalue weighted by molar-refractivity contribution is 0.501. The van der Waals surface area contributed by atoms with Gasteiger partial charge in [0.2, 0.25) is 0 Å². The topological polar surface area (TPSA) is 38.9 Å². The average molecular weight is 178 g/mol. The molecule has 0 amide bonds. The van der Waals surface area contributed by atoms with Gasteiger partial charge in [-0.1, -0.05) is 19.9 Å². The number of rotatable bonds is 4. The average Bonchev–Trinajstić information content (AvgIpc) is 2.15. The first-order valence-corrected chi connectivity index (χ1v) is 4.86. The summed E-state index contributed by atoms with van der Waals surface area (Å²) in [7, 11) is 0. The molecular formula is C11H18N2. The molecule has 0 fully saturated rings. The fourth-order valence-electron chi connectivity index (χ4n) is 1.26. The molecule has 72 valence electrons. The molecule has 1 aromatic heterocycles. The van der Waals surface area contributed by atoms with E-state index in [1.165, 1.54) is 0 Å². The van der Waals surface area contributed by atoms with E-state index in [1.807, 2.05) is 18.2 Å². The molecule has 0 radical (unpaired) electrons. The first kappa shape index (κ1) is 10.2. The minimum Gasteiger partial charge on any atom is -0.323 e. The quantitative estimate of drug-likeness (QED) is 0.769. The lowest BCUT2D eigenvalue weighted by atomic mass is 10.0. The predicted octanol–water partition coefficient (Wildman–Crippen LogP) is 2.52. The summed E-state index contributed by atoms with van der Waals surface area (Å²) in [5, 5.41) is 0. The van der Waals surface area contributed by atoms with Crippen molar-refractivity contribution in [1.29, 1.82) is 0 Å². The van der Waals surface area contributed by atoms with Gasteiger partial charge in [0.1, 0.15) is 0 Å². The number of pyridine rings is 1. The third kappa shape index (κ3) is 3.55. The van der Waals surface area contributed by atoms with Crippen LogP contribution in [0.3, 0.4) is 0 Å². The van der Waals surface area contributed by atoms with E-state index in [-0.39, 0.29) is 6.04 Å². The van der Waals surface area contributed by atoms with Crippen LogP contribution in [0.25, 0.3) is 0 Å². The van der Waals surface area contributed by atoms with Gasteiger partial charge in [0, 0.05) is 12.2 Å². The summed E-state index contributed by atoms with van der Waals surface area (Å²) >= 11 is 0. The molecule has 2 nitrogen and oxygen atoms in total. The minimum atomic E-state index is 0.101. The van der Waals surface area contributed by atoms with E-state index in [2.05, 4.69) is 18.8 Å². The Morgan fingerprint density at radius 3 is 2.62 bits per heavy atom. The second-order valence-corrected chi connectivity index (χ2v) is 3.83. The van der Waals surface area contributed by atoms with Crippen LogP contribution in [0.2, 0.25) is 0 Å². The van der Waals surface area contributed by atoms with Crippen molar-refractivity contribution in [1.82, 2.24) is 4.98 Å². The zero-order valence-electron chi connectivity index (χ0n) is 8.40. The van der Waals surface area contributed by atoms with E-state index in [0.29, 0.717) is 0 Å². The van der Waals surface area contributed by atoms with Gasteiger partial charge in [-0.05, 0) is 30.9 Å². The van der Waals surface area contributed by atoms with E-state index in [4.69, 9.17) is 5.73 Å². The third-order valence-corrected chi connectivity index (χ3v) is 2.12. The van der Waals surface area contributed by atoms with Gasteiger partial charge in [-0.25, -0.2) is 0 Å². The van der Waals surface area contributed by atoms with Crippen molar-refractivity contribution in [3.8, 4) is 0 Å². The van der Waals surface area contributed by atoms with Crippen LogP contribution in [-0.2, 0) is 0 Å². The molecular weight excluding hydrogens is 160 g/mol. The van der Waals surface area contributed by atoms with Crippen molar-refractivity contribution in [3.63, 3.8) is 0 Å². The van der Waals surface area contributed by atoms with E-state index < -0.39 is 0 Å². The molecule has 0 aliphatic rings. The Hall–Kier alpha value is -0.890. The highest BCUT2D eigenvalue weighted by atomic mass is 14.8. The Kier molecular flexibility index (Phi) is 3.90. The Morgan fingerprint density at radius 2 is 2.08 bits per heavy atom. The molecule has 13 heavy (non-hydrogen) atoms. The van der Waals surface area contributed by atoms with E-state index in [9.17, 15) is 0 Å². The summed E-state index contributed by atoms with van der Waals surface area (Å²) in [6, 6.07) is 5.99.